The molecule has 0 bridgehead atoms. The van der Waals surface area contributed by atoms with Gasteiger partial charge in [-0.15, -0.1) is 11.6 Å². The average molecular weight is 247 g/mol. The van der Waals surface area contributed by atoms with Crippen LogP contribution in [0.3, 0.4) is 0 Å². The van der Waals surface area contributed by atoms with Crippen LogP contribution in [0.1, 0.15) is 18.4 Å². The SMILES string of the molecule is ClCc1cnc(N2CCCC2)c2ccccc12. The normalized spacial score (nSPS) is 15.7. The number of pyridine rings is 1. The van der Waals surface area contributed by atoms with Crippen molar-refractivity contribution in [2.24, 2.45) is 0 Å². The van der Waals surface area contributed by atoms with E-state index in [0.29, 0.717) is 5.88 Å². The lowest BCUT2D eigenvalue weighted by Crippen LogP contribution is -2.19. The third kappa shape index (κ3) is 1.87. The lowest BCUT2D eigenvalue weighted by Gasteiger charge is -2.19. The maximum atomic E-state index is 5.96. The van der Waals surface area contributed by atoms with Gasteiger partial charge >= 0.3 is 0 Å². The van der Waals surface area contributed by atoms with E-state index in [4.69, 9.17) is 11.6 Å². The minimum Gasteiger partial charge on any atom is -0.356 e. The number of benzene rings is 1. The minimum atomic E-state index is 0.522. The van der Waals surface area contributed by atoms with Crippen molar-refractivity contribution < 1.29 is 0 Å². The van der Waals surface area contributed by atoms with Crippen LogP contribution in [0.2, 0.25) is 0 Å². The number of hydrogen-bond acceptors (Lipinski definition) is 2. The molecule has 0 unspecified atom stereocenters. The third-order valence-electron chi connectivity index (χ3n) is 3.41. The number of aromatic nitrogens is 1. The Morgan fingerprint density at radius 3 is 2.53 bits per heavy atom. The van der Waals surface area contributed by atoms with E-state index in [9.17, 15) is 0 Å². The van der Waals surface area contributed by atoms with Crippen LogP contribution < -0.4 is 4.90 Å². The summed E-state index contributed by atoms with van der Waals surface area (Å²) in [5.41, 5.74) is 1.12. The summed E-state index contributed by atoms with van der Waals surface area (Å²) in [6.45, 7) is 2.24. The quantitative estimate of drug-likeness (QED) is 0.753. The van der Waals surface area contributed by atoms with Crippen molar-refractivity contribution in [3.05, 3.63) is 36.0 Å². The standard InChI is InChI=1S/C14H15ClN2/c15-9-11-10-16-14(17-7-3-4-8-17)13-6-2-1-5-12(11)13/h1-2,5-6,10H,3-4,7-9H2. The highest BCUT2D eigenvalue weighted by molar-refractivity contribution is 6.18. The molecular formula is C14H15ClN2. The molecule has 3 heteroatoms. The van der Waals surface area contributed by atoms with Crippen LogP contribution >= 0.6 is 11.6 Å². The van der Waals surface area contributed by atoms with Gasteiger partial charge in [-0.1, -0.05) is 24.3 Å². The van der Waals surface area contributed by atoms with Gasteiger partial charge in [0, 0.05) is 30.6 Å². The Labute approximate surface area is 106 Å². The molecule has 1 aliphatic rings. The number of halogens is 1. The molecule has 2 heterocycles. The predicted molar refractivity (Wildman–Crippen MR) is 72.7 cm³/mol. The second-order valence-corrected chi connectivity index (χ2v) is 4.75. The number of anilines is 1. The van der Waals surface area contributed by atoms with E-state index in [-0.39, 0.29) is 0 Å². The Kier molecular flexibility index (Phi) is 2.89. The second-order valence-electron chi connectivity index (χ2n) is 4.48. The van der Waals surface area contributed by atoms with E-state index in [1.807, 2.05) is 6.20 Å². The van der Waals surface area contributed by atoms with Crippen molar-refractivity contribution in [3.8, 4) is 0 Å². The number of nitrogens with zero attached hydrogens (tertiary/aromatic N) is 2. The Morgan fingerprint density at radius 1 is 1.12 bits per heavy atom. The van der Waals surface area contributed by atoms with Gasteiger partial charge in [0.05, 0.1) is 0 Å². The van der Waals surface area contributed by atoms with Gasteiger partial charge in [0.1, 0.15) is 5.82 Å². The van der Waals surface area contributed by atoms with Gasteiger partial charge in [-0.2, -0.15) is 0 Å². The van der Waals surface area contributed by atoms with Crippen LogP contribution in [0.15, 0.2) is 30.5 Å². The summed E-state index contributed by atoms with van der Waals surface area (Å²) < 4.78 is 0. The molecule has 0 amide bonds. The lowest BCUT2D eigenvalue weighted by molar-refractivity contribution is 0.944. The maximum absolute atomic E-state index is 5.96. The first-order valence-electron chi connectivity index (χ1n) is 6.07. The van der Waals surface area contributed by atoms with Crippen molar-refractivity contribution in [1.82, 2.24) is 4.98 Å². The zero-order valence-corrected chi connectivity index (χ0v) is 10.5. The largest absolute Gasteiger partial charge is 0.356 e. The van der Waals surface area contributed by atoms with Crippen molar-refractivity contribution in [2.75, 3.05) is 18.0 Å². The molecule has 1 aromatic carbocycles. The van der Waals surface area contributed by atoms with Crippen LogP contribution in [-0.2, 0) is 5.88 Å². The molecule has 1 saturated heterocycles. The van der Waals surface area contributed by atoms with Gasteiger partial charge in [-0.05, 0) is 23.8 Å². The molecular weight excluding hydrogens is 232 g/mol. The van der Waals surface area contributed by atoms with Gasteiger partial charge in [0.25, 0.3) is 0 Å². The highest BCUT2D eigenvalue weighted by Crippen LogP contribution is 2.29. The van der Waals surface area contributed by atoms with Crippen molar-refractivity contribution in [3.63, 3.8) is 0 Å². The molecule has 17 heavy (non-hydrogen) atoms. The molecule has 0 aliphatic carbocycles. The molecule has 0 N–H and O–H groups in total. The van der Waals surface area contributed by atoms with Crippen molar-refractivity contribution in [2.45, 2.75) is 18.7 Å². The monoisotopic (exact) mass is 246 g/mol. The Hall–Kier alpha value is -1.28. The fourth-order valence-corrected chi connectivity index (χ4v) is 2.74. The van der Waals surface area contributed by atoms with Crippen LogP contribution in [-0.4, -0.2) is 18.1 Å². The molecule has 1 fully saturated rings. The summed E-state index contributed by atoms with van der Waals surface area (Å²) in [5.74, 6) is 1.64. The maximum Gasteiger partial charge on any atom is 0.136 e. The first kappa shape index (κ1) is 10.8. The van der Waals surface area contributed by atoms with Crippen molar-refractivity contribution in [1.29, 1.82) is 0 Å². The summed E-state index contributed by atoms with van der Waals surface area (Å²) in [6.07, 6.45) is 4.46. The smallest absolute Gasteiger partial charge is 0.136 e. The first-order chi connectivity index (χ1) is 8.40. The van der Waals surface area contributed by atoms with E-state index < -0.39 is 0 Å². The van der Waals surface area contributed by atoms with Gasteiger partial charge < -0.3 is 4.90 Å². The van der Waals surface area contributed by atoms with Crippen molar-refractivity contribution >= 4 is 28.2 Å². The van der Waals surface area contributed by atoms with Gasteiger partial charge in [-0.3, -0.25) is 0 Å². The summed E-state index contributed by atoms with van der Waals surface area (Å²) >= 11 is 5.96. The second kappa shape index (κ2) is 4.53. The predicted octanol–water partition coefficient (Wildman–Crippen LogP) is 3.57. The Bertz CT molecular complexity index is 533. The molecule has 3 rings (SSSR count). The number of alkyl halides is 1. The molecule has 2 nitrogen and oxygen atoms in total. The zero-order chi connectivity index (χ0) is 11.7. The van der Waals surface area contributed by atoms with Crippen LogP contribution in [0.25, 0.3) is 10.8 Å². The molecule has 1 aliphatic heterocycles. The molecule has 88 valence electrons. The van der Waals surface area contributed by atoms with Gasteiger partial charge in [0.2, 0.25) is 0 Å². The molecule has 0 radical (unpaired) electrons. The van der Waals surface area contributed by atoms with E-state index >= 15 is 0 Å². The summed E-state index contributed by atoms with van der Waals surface area (Å²) in [4.78, 5) is 6.98. The van der Waals surface area contributed by atoms with E-state index in [1.165, 1.54) is 23.6 Å². The summed E-state index contributed by atoms with van der Waals surface area (Å²) in [5, 5.41) is 2.46. The molecule has 0 atom stereocenters. The average Bonchev–Trinajstić information content (AvgIpc) is 2.91. The molecule has 1 aromatic heterocycles. The van der Waals surface area contributed by atoms with Crippen LogP contribution in [0, 0.1) is 0 Å². The highest BCUT2D eigenvalue weighted by atomic mass is 35.5. The molecule has 0 saturated carbocycles. The van der Waals surface area contributed by atoms with Gasteiger partial charge in [-0.25, -0.2) is 4.98 Å². The van der Waals surface area contributed by atoms with Crippen LogP contribution in [0.5, 0.6) is 0 Å². The third-order valence-corrected chi connectivity index (χ3v) is 3.69. The fourth-order valence-electron chi connectivity index (χ4n) is 2.52. The Balaban J connectivity index is 2.19. The minimum absolute atomic E-state index is 0.522. The van der Waals surface area contributed by atoms with E-state index in [1.54, 1.807) is 0 Å². The number of rotatable bonds is 2. The molecule has 2 aromatic rings. The summed E-state index contributed by atoms with van der Waals surface area (Å²) in [6, 6.07) is 8.41. The van der Waals surface area contributed by atoms with Gasteiger partial charge in [0.15, 0.2) is 0 Å². The topological polar surface area (TPSA) is 16.1 Å². The number of hydrogen-bond donors (Lipinski definition) is 0. The Morgan fingerprint density at radius 2 is 1.82 bits per heavy atom. The lowest BCUT2D eigenvalue weighted by atomic mass is 10.1. The first-order valence-corrected chi connectivity index (χ1v) is 6.61. The number of fused-ring (bicyclic) bond motifs is 1. The van der Waals surface area contributed by atoms with E-state index in [2.05, 4.69) is 34.1 Å². The zero-order valence-electron chi connectivity index (χ0n) is 9.69. The van der Waals surface area contributed by atoms with Crippen LogP contribution in [0.4, 0.5) is 5.82 Å². The van der Waals surface area contributed by atoms with E-state index in [0.717, 1.165) is 24.5 Å². The fraction of sp³-hybridized carbons (Fsp3) is 0.357. The molecule has 0 spiro atoms. The highest BCUT2D eigenvalue weighted by Gasteiger charge is 2.16. The summed E-state index contributed by atoms with van der Waals surface area (Å²) in [7, 11) is 0.